The summed E-state index contributed by atoms with van der Waals surface area (Å²) in [5.41, 5.74) is 2.41. The van der Waals surface area contributed by atoms with Crippen LogP contribution < -0.4 is 5.32 Å². The van der Waals surface area contributed by atoms with Crippen molar-refractivity contribution in [1.29, 1.82) is 0 Å². The zero-order chi connectivity index (χ0) is 12.7. The molecule has 0 aromatic carbocycles. The van der Waals surface area contributed by atoms with Crippen molar-refractivity contribution in [1.82, 2.24) is 10.3 Å². The van der Waals surface area contributed by atoms with Crippen molar-refractivity contribution in [2.75, 3.05) is 26.8 Å². The van der Waals surface area contributed by atoms with Gasteiger partial charge in [-0.25, -0.2) is 0 Å². The van der Waals surface area contributed by atoms with E-state index in [1.807, 2.05) is 11.7 Å². The maximum absolute atomic E-state index is 5.10. The maximum atomic E-state index is 5.10. The molecule has 0 radical (unpaired) electrons. The van der Waals surface area contributed by atoms with Crippen molar-refractivity contribution >= 4 is 11.3 Å². The van der Waals surface area contributed by atoms with Crippen LogP contribution in [0.15, 0.2) is 11.7 Å². The van der Waals surface area contributed by atoms with E-state index >= 15 is 0 Å². The first-order valence-electron chi connectivity index (χ1n) is 6.92. The van der Waals surface area contributed by atoms with Crippen LogP contribution in [0.2, 0.25) is 0 Å². The summed E-state index contributed by atoms with van der Waals surface area (Å²) < 4.78 is 5.10. The monoisotopic (exact) mass is 268 g/mol. The molecule has 1 N–H and O–H groups in total. The highest BCUT2D eigenvalue weighted by atomic mass is 32.1. The normalized spacial score (nSPS) is 18.9. The highest BCUT2D eigenvalue weighted by molar-refractivity contribution is 7.09. The number of rotatable bonds is 7. The maximum Gasteiger partial charge on any atom is 0.0794 e. The summed E-state index contributed by atoms with van der Waals surface area (Å²) in [7, 11) is 1.76. The number of aromatic nitrogens is 1. The van der Waals surface area contributed by atoms with Crippen molar-refractivity contribution in [3.05, 3.63) is 16.6 Å². The van der Waals surface area contributed by atoms with Gasteiger partial charge in [0, 0.05) is 31.3 Å². The molecule has 1 aliphatic carbocycles. The second kappa shape index (κ2) is 7.22. The predicted molar refractivity (Wildman–Crippen MR) is 76.1 cm³/mol. The number of thiazole rings is 1. The summed E-state index contributed by atoms with van der Waals surface area (Å²) in [4.78, 5) is 5.64. The SMILES string of the molecule is COCCNCC1(Cc2cncs2)CCCCC1. The topological polar surface area (TPSA) is 34.1 Å². The Morgan fingerprint density at radius 1 is 1.39 bits per heavy atom. The Labute approximate surface area is 114 Å². The van der Waals surface area contributed by atoms with Gasteiger partial charge < -0.3 is 10.1 Å². The predicted octanol–water partition coefficient (Wildman–Crippen LogP) is 2.87. The zero-order valence-corrected chi connectivity index (χ0v) is 12.1. The Morgan fingerprint density at radius 3 is 2.89 bits per heavy atom. The second-order valence-corrected chi connectivity index (χ2v) is 6.35. The van der Waals surface area contributed by atoms with Gasteiger partial charge in [-0.05, 0) is 24.7 Å². The van der Waals surface area contributed by atoms with Crippen LogP contribution in [0.3, 0.4) is 0 Å². The van der Waals surface area contributed by atoms with Crippen LogP contribution in [0.1, 0.15) is 37.0 Å². The minimum atomic E-state index is 0.457. The van der Waals surface area contributed by atoms with Crippen LogP contribution in [0, 0.1) is 5.41 Å². The standard InChI is InChI=1S/C14H24N2OS/c1-17-8-7-15-11-14(5-3-2-4-6-14)9-13-10-16-12-18-13/h10,12,15H,2-9,11H2,1H3. The molecular weight excluding hydrogens is 244 g/mol. The molecule has 0 spiro atoms. The minimum absolute atomic E-state index is 0.457. The number of nitrogens with one attached hydrogen (secondary N) is 1. The fraction of sp³-hybridized carbons (Fsp3) is 0.786. The van der Waals surface area contributed by atoms with Crippen molar-refractivity contribution < 1.29 is 4.74 Å². The molecule has 1 aromatic heterocycles. The number of methoxy groups -OCH3 is 1. The number of ether oxygens (including phenoxy) is 1. The second-order valence-electron chi connectivity index (χ2n) is 5.37. The average Bonchev–Trinajstić information content (AvgIpc) is 2.89. The smallest absolute Gasteiger partial charge is 0.0794 e. The summed E-state index contributed by atoms with van der Waals surface area (Å²) in [6.45, 7) is 2.88. The van der Waals surface area contributed by atoms with Gasteiger partial charge in [-0.1, -0.05) is 19.3 Å². The summed E-state index contributed by atoms with van der Waals surface area (Å²) in [5.74, 6) is 0. The molecule has 1 saturated carbocycles. The first kappa shape index (κ1) is 14.0. The lowest BCUT2D eigenvalue weighted by Gasteiger charge is -2.37. The number of hydrogen-bond acceptors (Lipinski definition) is 4. The molecule has 0 amide bonds. The zero-order valence-electron chi connectivity index (χ0n) is 11.3. The van der Waals surface area contributed by atoms with E-state index in [4.69, 9.17) is 4.74 Å². The van der Waals surface area contributed by atoms with Crippen molar-refractivity contribution in [3.8, 4) is 0 Å². The Morgan fingerprint density at radius 2 is 2.22 bits per heavy atom. The van der Waals surface area contributed by atoms with Crippen molar-refractivity contribution in [2.24, 2.45) is 5.41 Å². The molecule has 1 heterocycles. The van der Waals surface area contributed by atoms with Crippen LogP contribution in [-0.4, -0.2) is 31.8 Å². The van der Waals surface area contributed by atoms with Crippen LogP contribution >= 0.6 is 11.3 Å². The largest absolute Gasteiger partial charge is 0.383 e. The summed E-state index contributed by atoms with van der Waals surface area (Å²) in [6.07, 6.45) is 10.1. The molecule has 1 aromatic rings. The lowest BCUT2D eigenvalue weighted by molar-refractivity contribution is 0.163. The van der Waals surface area contributed by atoms with E-state index < -0.39 is 0 Å². The minimum Gasteiger partial charge on any atom is -0.383 e. The van der Waals surface area contributed by atoms with Crippen LogP contribution in [-0.2, 0) is 11.2 Å². The first-order valence-corrected chi connectivity index (χ1v) is 7.80. The fourth-order valence-electron chi connectivity index (χ4n) is 2.94. The Kier molecular flexibility index (Phi) is 5.60. The molecule has 0 saturated heterocycles. The highest BCUT2D eigenvalue weighted by Gasteiger charge is 2.32. The van der Waals surface area contributed by atoms with Crippen molar-refractivity contribution in [3.63, 3.8) is 0 Å². The molecule has 3 nitrogen and oxygen atoms in total. The molecule has 4 heteroatoms. The van der Waals surface area contributed by atoms with Crippen LogP contribution in [0.4, 0.5) is 0 Å². The van der Waals surface area contributed by atoms with Gasteiger partial charge in [0.25, 0.3) is 0 Å². The molecule has 0 aliphatic heterocycles. The molecule has 2 rings (SSSR count). The van der Waals surface area contributed by atoms with E-state index in [9.17, 15) is 0 Å². The van der Waals surface area contributed by atoms with Gasteiger partial charge in [0.05, 0.1) is 12.1 Å². The first-order chi connectivity index (χ1) is 8.85. The highest BCUT2D eigenvalue weighted by Crippen LogP contribution is 2.39. The Hall–Kier alpha value is -0.450. The van der Waals surface area contributed by atoms with Gasteiger partial charge in [-0.3, -0.25) is 4.98 Å². The van der Waals surface area contributed by atoms with Gasteiger partial charge in [0.15, 0.2) is 0 Å². The van der Waals surface area contributed by atoms with E-state index in [2.05, 4.69) is 10.3 Å². The van der Waals surface area contributed by atoms with Gasteiger partial charge in [-0.2, -0.15) is 0 Å². The molecule has 0 atom stereocenters. The van der Waals surface area contributed by atoms with E-state index in [1.54, 1.807) is 18.4 Å². The van der Waals surface area contributed by atoms with E-state index in [1.165, 1.54) is 43.4 Å². The van der Waals surface area contributed by atoms with E-state index in [0.717, 1.165) is 19.7 Å². The van der Waals surface area contributed by atoms with E-state index in [0.29, 0.717) is 5.41 Å². The van der Waals surface area contributed by atoms with Gasteiger partial charge in [0.2, 0.25) is 0 Å². The summed E-state index contributed by atoms with van der Waals surface area (Å²) in [6, 6.07) is 0. The lowest BCUT2D eigenvalue weighted by atomic mass is 9.71. The Balaban J connectivity index is 1.89. The third-order valence-corrected chi connectivity index (χ3v) is 4.71. The molecule has 0 bridgehead atoms. The molecule has 18 heavy (non-hydrogen) atoms. The summed E-state index contributed by atoms with van der Waals surface area (Å²) >= 11 is 1.80. The molecular formula is C14H24N2OS. The van der Waals surface area contributed by atoms with Crippen LogP contribution in [0.5, 0.6) is 0 Å². The third kappa shape index (κ3) is 4.04. The molecule has 0 unspecified atom stereocenters. The third-order valence-electron chi connectivity index (χ3n) is 3.93. The number of nitrogens with zero attached hydrogens (tertiary/aromatic N) is 1. The van der Waals surface area contributed by atoms with E-state index in [-0.39, 0.29) is 0 Å². The van der Waals surface area contributed by atoms with Gasteiger partial charge >= 0.3 is 0 Å². The van der Waals surface area contributed by atoms with Crippen LogP contribution in [0.25, 0.3) is 0 Å². The Bertz CT molecular complexity index is 321. The van der Waals surface area contributed by atoms with Gasteiger partial charge in [-0.15, -0.1) is 11.3 Å². The van der Waals surface area contributed by atoms with Gasteiger partial charge in [0.1, 0.15) is 0 Å². The average molecular weight is 268 g/mol. The summed E-state index contributed by atoms with van der Waals surface area (Å²) in [5, 5.41) is 3.57. The number of hydrogen-bond donors (Lipinski definition) is 1. The molecule has 102 valence electrons. The molecule has 1 fully saturated rings. The van der Waals surface area contributed by atoms with Crippen molar-refractivity contribution in [2.45, 2.75) is 38.5 Å². The quantitative estimate of drug-likeness (QED) is 0.772. The fourth-order valence-corrected chi connectivity index (χ4v) is 3.71. The lowest BCUT2D eigenvalue weighted by Crippen LogP contribution is -2.38. The molecule has 1 aliphatic rings.